The maximum Gasteiger partial charge on any atom is 0.245 e. The first-order valence-electron chi connectivity index (χ1n) is 10.1. The van der Waals surface area contributed by atoms with Crippen molar-refractivity contribution in [1.82, 2.24) is 15.5 Å². The number of carbonyl (C=O) groups excluding carboxylic acids is 4. The predicted molar refractivity (Wildman–Crippen MR) is 114 cm³/mol. The number of nitrogens with two attached hydrogens (primary N) is 1. The summed E-state index contributed by atoms with van der Waals surface area (Å²) in [6.07, 6.45) is 1.14. The van der Waals surface area contributed by atoms with Crippen molar-refractivity contribution in [2.45, 2.75) is 85.7 Å². The average molecular weight is 413 g/mol. The number of rotatable bonds is 11. The van der Waals surface area contributed by atoms with Crippen molar-refractivity contribution in [2.24, 2.45) is 17.1 Å². The smallest absolute Gasteiger partial charge is 0.245 e. The van der Waals surface area contributed by atoms with Gasteiger partial charge in [-0.1, -0.05) is 27.7 Å². The van der Waals surface area contributed by atoms with E-state index in [1.165, 1.54) is 4.90 Å². The lowest BCUT2D eigenvalue weighted by Crippen LogP contribution is -2.55. The van der Waals surface area contributed by atoms with Crippen LogP contribution in [0.3, 0.4) is 0 Å². The molecular weight excluding hydrogens is 372 g/mol. The molecule has 0 spiro atoms. The molecule has 0 aliphatic heterocycles. The normalized spacial score (nSPS) is 12.5. The second-order valence-electron chi connectivity index (χ2n) is 9.99. The molecule has 168 valence electrons. The van der Waals surface area contributed by atoms with E-state index in [2.05, 4.69) is 10.6 Å². The standard InChI is InChI=1S/C21H40N4O4/c1-14(2)12-15(26)24-20(5,6)18(29)23-11-10-19(3,4)13-16(27)25(9)21(7,8)17(22)28/h14H,10-13H2,1-9H3,(H2,22,28)(H,23,29)(H,24,26). The third-order valence-corrected chi connectivity index (χ3v) is 5.15. The molecule has 0 rings (SSSR count). The van der Waals surface area contributed by atoms with Crippen LogP contribution in [0.1, 0.15) is 74.7 Å². The third kappa shape index (κ3) is 8.83. The van der Waals surface area contributed by atoms with Gasteiger partial charge in [0.25, 0.3) is 0 Å². The third-order valence-electron chi connectivity index (χ3n) is 5.15. The van der Waals surface area contributed by atoms with E-state index >= 15 is 0 Å². The Morgan fingerprint density at radius 3 is 1.97 bits per heavy atom. The monoisotopic (exact) mass is 412 g/mol. The number of primary amides is 1. The second-order valence-corrected chi connectivity index (χ2v) is 9.99. The minimum absolute atomic E-state index is 0.161. The van der Waals surface area contributed by atoms with E-state index in [0.717, 1.165) is 0 Å². The van der Waals surface area contributed by atoms with Gasteiger partial charge in [-0.2, -0.15) is 0 Å². The van der Waals surface area contributed by atoms with Crippen LogP contribution in [0, 0.1) is 11.3 Å². The van der Waals surface area contributed by atoms with Crippen molar-refractivity contribution < 1.29 is 19.2 Å². The summed E-state index contributed by atoms with van der Waals surface area (Å²) in [5, 5.41) is 5.59. The van der Waals surface area contributed by atoms with Gasteiger partial charge < -0.3 is 21.3 Å². The lowest BCUT2D eigenvalue weighted by atomic mass is 9.84. The van der Waals surface area contributed by atoms with Crippen molar-refractivity contribution in [3.63, 3.8) is 0 Å². The topological polar surface area (TPSA) is 122 Å². The molecule has 0 radical (unpaired) electrons. The van der Waals surface area contributed by atoms with Gasteiger partial charge in [-0.15, -0.1) is 0 Å². The maximum absolute atomic E-state index is 12.6. The summed E-state index contributed by atoms with van der Waals surface area (Å²) in [5.41, 5.74) is 2.90. The van der Waals surface area contributed by atoms with E-state index in [-0.39, 0.29) is 30.1 Å². The van der Waals surface area contributed by atoms with Gasteiger partial charge in [-0.25, -0.2) is 0 Å². The SMILES string of the molecule is CC(C)CC(=O)NC(C)(C)C(=O)NCCC(C)(C)CC(=O)N(C)C(C)(C)C(N)=O. The van der Waals surface area contributed by atoms with Crippen molar-refractivity contribution in [1.29, 1.82) is 0 Å². The lowest BCUT2D eigenvalue weighted by molar-refractivity contribution is -0.144. The van der Waals surface area contributed by atoms with E-state index < -0.39 is 22.4 Å². The quantitative estimate of drug-likeness (QED) is 0.477. The number of nitrogens with zero attached hydrogens (tertiary/aromatic N) is 1. The molecular formula is C21H40N4O4. The average Bonchev–Trinajstić information content (AvgIpc) is 2.51. The molecule has 0 aliphatic rings. The molecule has 4 amide bonds. The van der Waals surface area contributed by atoms with Gasteiger partial charge in [0.1, 0.15) is 11.1 Å². The summed E-state index contributed by atoms with van der Waals surface area (Å²) < 4.78 is 0. The summed E-state index contributed by atoms with van der Waals surface area (Å²) >= 11 is 0. The number of hydrogen-bond acceptors (Lipinski definition) is 4. The van der Waals surface area contributed by atoms with E-state index in [9.17, 15) is 19.2 Å². The first-order valence-corrected chi connectivity index (χ1v) is 10.1. The Kier molecular flexibility index (Phi) is 9.34. The van der Waals surface area contributed by atoms with Crippen LogP contribution < -0.4 is 16.4 Å². The fraction of sp³-hybridized carbons (Fsp3) is 0.810. The molecule has 8 nitrogen and oxygen atoms in total. The molecule has 0 aromatic heterocycles. The molecule has 4 N–H and O–H groups in total. The largest absolute Gasteiger partial charge is 0.368 e. The summed E-state index contributed by atoms with van der Waals surface area (Å²) in [5.74, 6) is -0.980. The maximum atomic E-state index is 12.6. The van der Waals surface area contributed by atoms with E-state index in [1.807, 2.05) is 27.7 Å². The highest BCUT2D eigenvalue weighted by Crippen LogP contribution is 2.27. The summed E-state index contributed by atoms with van der Waals surface area (Å²) in [7, 11) is 1.56. The van der Waals surface area contributed by atoms with Gasteiger partial charge in [0.15, 0.2) is 0 Å². The van der Waals surface area contributed by atoms with Crippen LogP contribution in [0.25, 0.3) is 0 Å². The molecule has 0 unspecified atom stereocenters. The Labute approximate surface area is 175 Å². The molecule has 0 saturated heterocycles. The van der Waals surface area contributed by atoms with Crippen LogP contribution >= 0.6 is 0 Å². The predicted octanol–water partition coefficient (Wildman–Crippen LogP) is 1.57. The zero-order chi connectivity index (χ0) is 23.2. The Balaban J connectivity index is 4.70. The van der Waals surface area contributed by atoms with Gasteiger partial charge in [0.05, 0.1) is 0 Å². The molecule has 0 fully saturated rings. The molecule has 0 atom stereocenters. The lowest BCUT2D eigenvalue weighted by Gasteiger charge is -2.35. The van der Waals surface area contributed by atoms with Crippen LogP contribution in [0.2, 0.25) is 0 Å². The number of amides is 4. The highest BCUT2D eigenvalue weighted by Gasteiger charge is 2.36. The van der Waals surface area contributed by atoms with E-state index in [0.29, 0.717) is 19.4 Å². The molecule has 0 heterocycles. The summed E-state index contributed by atoms with van der Waals surface area (Å²) in [6, 6.07) is 0. The highest BCUT2D eigenvalue weighted by atomic mass is 16.2. The van der Waals surface area contributed by atoms with Gasteiger partial charge in [0.2, 0.25) is 23.6 Å². The van der Waals surface area contributed by atoms with Crippen LogP contribution in [0.4, 0.5) is 0 Å². The fourth-order valence-corrected chi connectivity index (χ4v) is 2.66. The fourth-order valence-electron chi connectivity index (χ4n) is 2.66. The Hall–Kier alpha value is -2.12. The van der Waals surface area contributed by atoms with E-state index in [4.69, 9.17) is 5.73 Å². The molecule has 0 saturated carbocycles. The summed E-state index contributed by atoms with van der Waals surface area (Å²) in [6.45, 7) is 14.6. The Bertz CT molecular complexity index is 624. The second kappa shape index (κ2) is 10.1. The van der Waals surface area contributed by atoms with Crippen LogP contribution in [0.15, 0.2) is 0 Å². The number of hydrogen-bond donors (Lipinski definition) is 3. The van der Waals surface area contributed by atoms with E-state index in [1.54, 1.807) is 34.7 Å². The zero-order valence-electron chi connectivity index (χ0n) is 19.6. The van der Waals surface area contributed by atoms with Crippen LogP contribution in [0.5, 0.6) is 0 Å². The minimum atomic E-state index is -1.07. The van der Waals surface area contributed by atoms with Crippen molar-refractivity contribution in [3.8, 4) is 0 Å². The Morgan fingerprint density at radius 1 is 1.00 bits per heavy atom. The number of carbonyl (C=O) groups is 4. The van der Waals surface area contributed by atoms with Crippen LogP contribution in [-0.2, 0) is 19.2 Å². The number of likely N-dealkylation sites (N-methyl/N-ethyl adjacent to an activating group) is 1. The minimum Gasteiger partial charge on any atom is -0.368 e. The van der Waals surface area contributed by atoms with Gasteiger partial charge >= 0.3 is 0 Å². The van der Waals surface area contributed by atoms with Crippen molar-refractivity contribution >= 4 is 23.6 Å². The molecule has 0 bridgehead atoms. The van der Waals surface area contributed by atoms with Gasteiger partial charge in [-0.3, -0.25) is 19.2 Å². The molecule has 8 heteroatoms. The van der Waals surface area contributed by atoms with Gasteiger partial charge in [-0.05, 0) is 45.4 Å². The molecule has 29 heavy (non-hydrogen) atoms. The first-order chi connectivity index (χ1) is 12.9. The molecule has 0 aliphatic carbocycles. The molecule has 0 aromatic rings. The first kappa shape index (κ1) is 26.9. The zero-order valence-corrected chi connectivity index (χ0v) is 19.6. The van der Waals surface area contributed by atoms with Crippen LogP contribution in [-0.4, -0.2) is 53.2 Å². The number of nitrogens with one attached hydrogen (secondary N) is 2. The van der Waals surface area contributed by atoms with Gasteiger partial charge in [0, 0.05) is 26.4 Å². The van der Waals surface area contributed by atoms with Crippen molar-refractivity contribution in [3.05, 3.63) is 0 Å². The Morgan fingerprint density at radius 2 is 1.52 bits per heavy atom. The van der Waals surface area contributed by atoms with Crippen molar-refractivity contribution in [2.75, 3.05) is 13.6 Å². The summed E-state index contributed by atoms with van der Waals surface area (Å²) in [4.78, 5) is 49.9. The molecule has 0 aromatic carbocycles. The highest BCUT2D eigenvalue weighted by molar-refractivity contribution is 5.91.